The van der Waals surface area contributed by atoms with E-state index in [1.165, 1.54) is 0 Å². The third kappa shape index (κ3) is 3.11. The molecule has 1 aliphatic rings. The van der Waals surface area contributed by atoms with Gasteiger partial charge < -0.3 is 15.1 Å². The van der Waals surface area contributed by atoms with Crippen LogP contribution in [0, 0.1) is 5.92 Å². The second-order valence-electron chi connectivity index (χ2n) is 6.41. The monoisotopic (exact) mass is 390 g/mol. The van der Waals surface area contributed by atoms with Gasteiger partial charge in [-0.1, -0.05) is 12.1 Å². The molecular formula is C17H19BrN4O2. The van der Waals surface area contributed by atoms with Crippen molar-refractivity contribution in [3.63, 3.8) is 0 Å². The van der Waals surface area contributed by atoms with Gasteiger partial charge >= 0.3 is 0 Å². The minimum atomic E-state index is -1.76. The molecule has 0 saturated carbocycles. The molecule has 0 amide bonds. The Labute approximate surface area is 147 Å². The molecule has 0 bridgehead atoms. The van der Waals surface area contributed by atoms with E-state index in [4.69, 9.17) is 4.98 Å². The van der Waals surface area contributed by atoms with Crippen LogP contribution < -0.4 is 4.90 Å². The number of halogens is 1. The van der Waals surface area contributed by atoms with E-state index in [0.29, 0.717) is 18.1 Å². The lowest BCUT2D eigenvalue weighted by Crippen LogP contribution is -2.36. The Morgan fingerprint density at radius 3 is 2.62 bits per heavy atom. The number of imidazole rings is 1. The van der Waals surface area contributed by atoms with E-state index >= 15 is 0 Å². The zero-order valence-electron chi connectivity index (χ0n) is 13.1. The molecule has 2 N–H and O–H groups in total. The van der Waals surface area contributed by atoms with Crippen molar-refractivity contribution in [1.82, 2.24) is 14.4 Å². The zero-order valence-corrected chi connectivity index (χ0v) is 14.7. The van der Waals surface area contributed by atoms with Gasteiger partial charge in [-0.25, -0.2) is 4.98 Å². The summed E-state index contributed by atoms with van der Waals surface area (Å²) in [5, 5.41) is 19.0. The lowest BCUT2D eigenvalue weighted by molar-refractivity contribution is -0.0858. The SMILES string of the molecule is OC(O)(Br)CC1CCN(c2ccn3c(n2)nc2ccccc23)CC1. The van der Waals surface area contributed by atoms with Crippen molar-refractivity contribution >= 4 is 38.6 Å². The summed E-state index contributed by atoms with van der Waals surface area (Å²) >= 11 is 2.89. The predicted octanol–water partition coefficient (Wildman–Crippen LogP) is 2.52. The highest BCUT2D eigenvalue weighted by Gasteiger charge is 2.28. The highest BCUT2D eigenvalue weighted by molar-refractivity contribution is 9.09. The number of aliphatic hydroxyl groups is 2. The van der Waals surface area contributed by atoms with Crippen LogP contribution >= 0.6 is 15.9 Å². The Morgan fingerprint density at radius 2 is 1.88 bits per heavy atom. The van der Waals surface area contributed by atoms with E-state index in [1.807, 2.05) is 40.9 Å². The maximum atomic E-state index is 9.48. The first-order valence-electron chi connectivity index (χ1n) is 8.12. The standard InChI is InChI=1S/C17H19BrN4O2/c18-17(23,24)11-12-5-8-21(9-6-12)15-7-10-22-14-4-2-1-3-13(14)19-16(22)20-15/h1-4,7,10,12,23-24H,5-6,8-9,11H2. The van der Waals surface area contributed by atoms with E-state index in [-0.39, 0.29) is 0 Å². The molecule has 2 aromatic heterocycles. The zero-order chi connectivity index (χ0) is 16.7. The summed E-state index contributed by atoms with van der Waals surface area (Å²) in [4.78, 5) is 11.5. The van der Waals surface area contributed by atoms with E-state index in [0.717, 1.165) is 42.8 Å². The molecule has 4 rings (SSSR count). The highest BCUT2D eigenvalue weighted by Crippen LogP contribution is 2.30. The van der Waals surface area contributed by atoms with Gasteiger partial charge in [-0.2, -0.15) is 4.98 Å². The molecule has 0 unspecified atom stereocenters. The van der Waals surface area contributed by atoms with Crippen LogP contribution in [0.2, 0.25) is 0 Å². The number of nitrogens with zero attached hydrogens (tertiary/aromatic N) is 4. The number of anilines is 1. The molecule has 1 aliphatic heterocycles. The lowest BCUT2D eigenvalue weighted by atomic mass is 9.93. The smallest absolute Gasteiger partial charge is 0.236 e. The van der Waals surface area contributed by atoms with E-state index < -0.39 is 4.70 Å². The summed E-state index contributed by atoms with van der Waals surface area (Å²) in [6.45, 7) is 1.72. The van der Waals surface area contributed by atoms with Crippen molar-refractivity contribution in [2.24, 2.45) is 5.92 Å². The first kappa shape index (κ1) is 15.8. The fourth-order valence-corrected chi connectivity index (χ4v) is 3.91. The average Bonchev–Trinajstić information content (AvgIpc) is 2.91. The number of aromatic nitrogens is 3. The Hall–Kier alpha value is -1.70. The second-order valence-corrected chi connectivity index (χ2v) is 7.68. The van der Waals surface area contributed by atoms with E-state index in [1.54, 1.807) is 0 Å². The molecule has 24 heavy (non-hydrogen) atoms. The maximum absolute atomic E-state index is 9.48. The number of benzene rings is 1. The number of fused-ring (bicyclic) bond motifs is 3. The molecule has 1 saturated heterocycles. The van der Waals surface area contributed by atoms with Crippen LogP contribution in [0.3, 0.4) is 0 Å². The molecule has 1 aromatic carbocycles. The third-order valence-corrected chi connectivity index (χ3v) is 4.98. The van der Waals surface area contributed by atoms with Gasteiger partial charge in [0.1, 0.15) is 5.82 Å². The van der Waals surface area contributed by atoms with Crippen LogP contribution in [0.1, 0.15) is 19.3 Å². The van der Waals surface area contributed by atoms with Crippen molar-refractivity contribution in [2.75, 3.05) is 18.0 Å². The minimum absolute atomic E-state index is 0.299. The number of rotatable bonds is 3. The van der Waals surface area contributed by atoms with Crippen molar-refractivity contribution in [3.8, 4) is 0 Å². The van der Waals surface area contributed by atoms with Crippen molar-refractivity contribution in [3.05, 3.63) is 36.5 Å². The molecular weight excluding hydrogens is 372 g/mol. The van der Waals surface area contributed by atoms with Gasteiger partial charge in [0.25, 0.3) is 0 Å². The summed E-state index contributed by atoms with van der Waals surface area (Å²) in [7, 11) is 0. The quantitative estimate of drug-likeness (QED) is 0.530. The number of para-hydroxylation sites is 2. The molecule has 0 atom stereocenters. The number of piperidine rings is 1. The molecule has 0 spiro atoms. The molecule has 7 heteroatoms. The van der Waals surface area contributed by atoms with Gasteiger partial charge in [0.15, 0.2) is 0 Å². The van der Waals surface area contributed by atoms with Crippen LogP contribution in [-0.4, -0.2) is 42.4 Å². The molecule has 126 valence electrons. The van der Waals surface area contributed by atoms with Crippen molar-refractivity contribution in [1.29, 1.82) is 0 Å². The van der Waals surface area contributed by atoms with Crippen LogP contribution in [0.5, 0.6) is 0 Å². The number of alkyl halides is 1. The lowest BCUT2D eigenvalue weighted by Gasteiger charge is -2.34. The van der Waals surface area contributed by atoms with Gasteiger partial charge in [-0.05, 0) is 52.9 Å². The van der Waals surface area contributed by atoms with Crippen LogP contribution in [-0.2, 0) is 0 Å². The van der Waals surface area contributed by atoms with Gasteiger partial charge in [0, 0.05) is 25.7 Å². The normalized spacial score (nSPS) is 17.0. The Kier molecular flexibility index (Phi) is 3.94. The summed E-state index contributed by atoms with van der Waals surface area (Å²) in [5.41, 5.74) is 2.00. The highest BCUT2D eigenvalue weighted by atomic mass is 79.9. The minimum Gasteiger partial charge on any atom is -0.357 e. The van der Waals surface area contributed by atoms with Gasteiger partial charge in [-0.15, -0.1) is 0 Å². The Bertz CT molecular complexity index is 866. The fourth-order valence-electron chi connectivity index (χ4n) is 3.45. The van der Waals surface area contributed by atoms with Gasteiger partial charge in [0.05, 0.1) is 11.0 Å². The summed E-state index contributed by atoms with van der Waals surface area (Å²) < 4.78 is 0.245. The maximum Gasteiger partial charge on any atom is 0.236 e. The Balaban J connectivity index is 1.54. The first-order chi connectivity index (χ1) is 11.5. The van der Waals surface area contributed by atoms with Crippen molar-refractivity contribution in [2.45, 2.75) is 24.0 Å². The summed E-state index contributed by atoms with van der Waals surface area (Å²) in [5.74, 6) is 1.93. The number of hydrogen-bond acceptors (Lipinski definition) is 5. The largest absolute Gasteiger partial charge is 0.357 e. The fraction of sp³-hybridized carbons (Fsp3) is 0.412. The third-order valence-electron chi connectivity index (χ3n) is 4.65. The molecule has 1 fully saturated rings. The van der Waals surface area contributed by atoms with E-state index in [2.05, 4.69) is 25.8 Å². The summed E-state index contributed by atoms with van der Waals surface area (Å²) in [6, 6.07) is 10.0. The molecule has 6 nitrogen and oxygen atoms in total. The van der Waals surface area contributed by atoms with Crippen molar-refractivity contribution < 1.29 is 10.2 Å². The van der Waals surface area contributed by atoms with Gasteiger partial charge in [-0.3, -0.25) is 4.40 Å². The topological polar surface area (TPSA) is 73.9 Å². The van der Waals surface area contributed by atoms with Crippen LogP contribution in [0.25, 0.3) is 16.8 Å². The molecule has 0 aliphatic carbocycles. The van der Waals surface area contributed by atoms with E-state index in [9.17, 15) is 10.2 Å². The summed E-state index contributed by atoms with van der Waals surface area (Å²) in [6.07, 6.45) is 4.19. The molecule has 0 radical (unpaired) electrons. The van der Waals surface area contributed by atoms with Gasteiger partial charge in [0.2, 0.25) is 10.5 Å². The first-order valence-corrected chi connectivity index (χ1v) is 8.91. The average molecular weight is 391 g/mol. The molecule has 3 heterocycles. The predicted molar refractivity (Wildman–Crippen MR) is 96.1 cm³/mol. The van der Waals surface area contributed by atoms with Crippen LogP contribution in [0.15, 0.2) is 36.5 Å². The second kappa shape index (κ2) is 5.98. The van der Waals surface area contributed by atoms with Crippen LogP contribution in [0.4, 0.5) is 5.82 Å². The Morgan fingerprint density at radius 1 is 1.12 bits per heavy atom. The molecule has 3 aromatic rings. The number of hydrogen-bond donors (Lipinski definition) is 2.